The van der Waals surface area contributed by atoms with Crippen molar-refractivity contribution in [2.45, 2.75) is 71.0 Å². The first-order valence-electron chi connectivity index (χ1n) is 12.2. The van der Waals surface area contributed by atoms with Crippen LogP contribution in [0, 0.1) is 0 Å². The molecule has 0 spiro atoms. The van der Waals surface area contributed by atoms with Crippen LogP contribution in [0.3, 0.4) is 0 Å². The molecule has 0 unspecified atom stereocenters. The molecule has 4 heterocycles. The Morgan fingerprint density at radius 1 is 1.22 bits per heavy atom. The maximum absolute atomic E-state index is 12.6. The minimum absolute atomic E-state index is 0.117. The first-order chi connectivity index (χ1) is 17.7. The van der Waals surface area contributed by atoms with Crippen molar-refractivity contribution in [2.24, 2.45) is 0 Å². The molecular formula is C21H31BN5O9P. The van der Waals surface area contributed by atoms with Gasteiger partial charge >= 0.3 is 207 Å². The van der Waals surface area contributed by atoms with Gasteiger partial charge in [-0.25, -0.2) is 0 Å². The molecule has 37 heavy (non-hydrogen) atoms. The van der Waals surface area contributed by atoms with E-state index in [1.807, 2.05) is 13.8 Å². The number of esters is 2. The number of amides is 1. The topological polar surface area (TPSA) is 162 Å². The van der Waals surface area contributed by atoms with Crippen molar-refractivity contribution in [3.8, 4) is 0 Å². The van der Waals surface area contributed by atoms with Crippen molar-refractivity contribution in [3.05, 3.63) is 12.7 Å². The summed E-state index contributed by atoms with van der Waals surface area (Å²) in [5.74, 6) is -0.820. The van der Waals surface area contributed by atoms with Crippen molar-refractivity contribution >= 4 is 50.2 Å². The Morgan fingerprint density at radius 3 is 2.73 bits per heavy atom. The summed E-state index contributed by atoms with van der Waals surface area (Å²) < 4.78 is 36.2. The van der Waals surface area contributed by atoms with Gasteiger partial charge in [0.15, 0.2) is 0 Å². The molecule has 1 N–H and O–H groups in total. The summed E-state index contributed by atoms with van der Waals surface area (Å²) in [6.07, 6.45) is 1.65. The number of fused-ring (bicyclic) bond motifs is 2. The first kappa shape index (κ1) is 27.3. The third-order valence-electron chi connectivity index (χ3n) is 5.82. The van der Waals surface area contributed by atoms with E-state index in [1.54, 1.807) is 12.1 Å². The number of nitrogens with zero attached hydrogens (tertiary/aromatic N) is 4. The molecule has 2 saturated heterocycles. The van der Waals surface area contributed by atoms with Gasteiger partial charge in [-0.1, -0.05) is 6.92 Å². The number of hydrogen-bond acceptors (Lipinski definition) is 12. The SMILES string of the molecule is B[PH]1(OCOC(C)=O)OC[C@H]2O[C@@H](n3cnc4c(NC(=O)CCC)ncnc43)[C@@H](OC(=O)CCC)[C@H]2O1. The Bertz CT molecular complexity index is 1150. The second-order valence-corrected chi connectivity index (χ2v) is 11.3. The van der Waals surface area contributed by atoms with Crippen molar-refractivity contribution in [2.75, 3.05) is 18.7 Å². The van der Waals surface area contributed by atoms with Gasteiger partial charge in [0.1, 0.15) is 0 Å². The Labute approximate surface area is 214 Å². The molecule has 14 nitrogen and oxygen atoms in total. The van der Waals surface area contributed by atoms with Crippen LogP contribution in [0.4, 0.5) is 5.82 Å². The molecule has 0 aromatic carbocycles. The average molecular weight is 539 g/mol. The first-order valence-corrected chi connectivity index (χ1v) is 14.4. The molecule has 4 rings (SSSR count). The van der Waals surface area contributed by atoms with Gasteiger partial charge in [-0.05, 0) is 0 Å². The molecule has 0 aliphatic carbocycles. The van der Waals surface area contributed by atoms with E-state index in [0.29, 0.717) is 30.4 Å². The van der Waals surface area contributed by atoms with E-state index >= 15 is 0 Å². The number of anilines is 1. The van der Waals surface area contributed by atoms with Crippen molar-refractivity contribution in [1.29, 1.82) is 0 Å². The molecule has 2 aromatic rings. The molecule has 2 aliphatic rings. The summed E-state index contributed by atoms with van der Waals surface area (Å²) in [6, 6.07) is 0. The second-order valence-electron chi connectivity index (χ2n) is 8.77. The summed E-state index contributed by atoms with van der Waals surface area (Å²) in [7, 11) is -1.59. The van der Waals surface area contributed by atoms with E-state index in [9.17, 15) is 14.4 Å². The summed E-state index contributed by atoms with van der Waals surface area (Å²) in [5, 5.41) is 2.75. The van der Waals surface area contributed by atoms with Gasteiger partial charge in [-0.15, -0.1) is 0 Å². The molecule has 0 radical (unpaired) electrons. The fraction of sp³-hybridized carbons (Fsp3) is 0.619. The average Bonchev–Trinajstić information content (AvgIpc) is 3.41. The number of imidazole rings is 1. The van der Waals surface area contributed by atoms with Gasteiger partial charge in [0.25, 0.3) is 0 Å². The van der Waals surface area contributed by atoms with Crippen molar-refractivity contribution in [1.82, 2.24) is 19.5 Å². The number of aromatic nitrogens is 4. The fourth-order valence-corrected chi connectivity index (χ4v) is 5.85. The molecule has 16 heteroatoms. The van der Waals surface area contributed by atoms with Crippen LogP contribution < -0.4 is 5.32 Å². The summed E-state index contributed by atoms with van der Waals surface area (Å²) in [6.45, 7) is 4.84. The Hall–Kier alpha value is -2.71. The van der Waals surface area contributed by atoms with E-state index in [4.69, 9.17) is 27.8 Å². The maximum atomic E-state index is 12.6. The normalized spacial score (nSPS) is 25.3. The standard InChI is InChI=1S/C21H31BN5O9P/c1-4-6-14(29)26-19-16-20(24-9-23-19)27(10-25-16)21-18(35-15(30)7-5-2)17-13(34-21)8-32-37(22,36-17)33-11-31-12(3)28/h9-10,13,17-18,21,37H,4-8,11,22H2,1-3H3,(H,23,24,26,29)/t13-,17+,18+,21-/m1/s1. The molecule has 2 fully saturated rings. The van der Waals surface area contributed by atoms with E-state index < -0.39 is 44.3 Å². The number of rotatable bonds is 10. The van der Waals surface area contributed by atoms with Gasteiger partial charge in [-0.3, -0.25) is 0 Å². The number of carbonyl (C=O) groups excluding carboxylic acids is 3. The van der Waals surface area contributed by atoms with Crippen molar-refractivity contribution in [3.63, 3.8) is 0 Å². The van der Waals surface area contributed by atoms with Crippen LogP contribution in [0.5, 0.6) is 0 Å². The van der Waals surface area contributed by atoms with Crippen LogP contribution in [0.15, 0.2) is 12.7 Å². The Morgan fingerprint density at radius 2 is 2.00 bits per heavy atom. The molecule has 2 aliphatic heterocycles. The summed E-state index contributed by atoms with van der Waals surface area (Å²) >= 11 is 0. The summed E-state index contributed by atoms with van der Waals surface area (Å²) in [4.78, 5) is 48.7. The molecule has 0 bridgehead atoms. The predicted molar refractivity (Wildman–Crippen MR) is 133 cm³/mol. The molecule has 0 saturated carbocycles. The zero-order valence-corrected chi connectivity index (χ0v) is 22.2. The molecule has 2 aromatic heterocycles. The van der Waals surface area contributed by atoms with Crippen LogP contribution in [0.2, 0.25) is 0 Å². The van der Waals surface area contributed by atoms with Crippen LogP contribution in [-0.2, 0) is 42.2 Å². The van der Waals surface area contributed by atoms with E-state index in [0.717, 1.165) is 0 Å². The van der Waals surface area contributed by atoms with Gasteiger partial charge in [0.2, 0.25) is 0 Å². The third-order valence-corrected chi connectivity index (χ3v) is 7.85. The molecule has 202 valence electrons. The molecule has 4 atom stereocenters. The van der Waals surface area contributed by atoms with Gasteiger partial charge in [0, 0.05) is 0 Å². The van der Waals surface area contributed by atoms with Crippen LogP contribution in [0.25, 0.3) is 11.2 Å². The van der Waals surface area contributed by atoms with Crippen LogP contribution in [0.1, 0.15) is 52.7 Å². The Kier molecular flexibility index (Phi) is 8.70. The zero-order valence-electron chi connectivity index (χ0n) is 21.2. The second kappa shape index (κ2) is 11.8. The quantitative estimate of drug-likeness (QED) is 0.199. The number of ether oxygens (including phenoxy) is 3. The van der Waals surface area contributed by atoms with Gasteiger partial charge in [-0.2, -0.15) is 0 Å². The number of nitrogens with one attached hydrogen (secondary N) is 1. The van der Waals surface area contributed by atoms with Gasteiger partial charge < -0.3 is 0 Å². The molecule has 1 amide bonds. The number of carbonyl (C=O) groups is 3. The van der Waals surface area contributed by atoms with Crippen LogP contribution >= 0.6 is 7.82 Å². The monoisotopic (exact) mass is 539 g/mol. The van der Waals surface area contributed by atoms with E-state index in [2.05, 4.69) is 20.3 Å². The number of hydrogen-bond donors (Lipinski definition) is 1. The van der Waals surface area contributed by atoms with E-state index in [-0.39, 0.29) is 31.5 Å². The minimum atomic E-state index is -3.25. The van der Waals surface area contributed by atoms with Gasteiger partial charge in [0.05, 0.1) is 0 Å². The third kappa shape index (κ3) is 6.24. The predicted octanol–water partition coefficient (Wildman–Crippen LogP) is 1.17. The fourth-order valence-electron chi connectivity index (χ4n) is 4.11. The summed E-state index contributed by atoms with van der Waals surface area (Å²) in [5.41, 5.74) is 0.749. The van der Waals surface area contributed by atoms with E-state index in [1.165, 1.54) is 19.6 Å². The zero-order chi connectivity index (χ0) is 26.6. The Balaban J connectivity index is 1.61. The molecular weight excluding hydrogens is 508 g/mol. The van der Waals surface area contributed by atoms with Crippen molar-refractivity contribution < 1.29 is 42.2 Å². The van der Waals surface area contributed by atoms with Crippen LogP contribution in [-0.4, -0.2) is 76.6 Å².